The number of rotatable bonds is 5. The van der Waals surface area contributed by atoms with E-state index in [2.05, 4.69) is 38.6 Å². The maximum atomic E-state index is 11.6. The molecule has 172 valence electrons. The molecule has 0 radical (unpaired) electrons. The first-order valence-corrected chi connectivity index (χ1v) is 11.2. The van der Waals surface area contributed by atoms with Gasteiger partial charge < -0.3 is 15.4 Å². The van der Waals surface area contributed by atoms with Crippen LogP contribution in [-0.4, -0.2) is 62.3 Å². The highest BCUT2D eigenvalue weighted by Crippen LogP contribution is 2.32. The van der Waals surface area contributed by atoms with E-state index in [1.165, 1.54) is 6.92 Å². The van der Waals surface area contributed by atoms with Gasteiger partial charge in [-0.15, -0.1) is 0 Å². The van der Waals surface area contributed by atoms with Gasteiger partial charge in [0.2, 0.25) is 5.91 Å². The van der Waals surface area contributed by atoms with Crippen molar-refractivity contribution in [2.75, 3.05) is 37.4 Å². The molecule has 1 saturated heterocycles. The molecule has 10 heteroatoms. The highest BCUT2D eigenvalue weighted by Gasteiger charge is 2.22. The van der Waals surface area contributed by atoms with Crippen molar-refractivity contribution in [3.05, 3.63) is 41.6 Å². The number of amides is 1. The van der Waals surface area contributed by atoms with Crippen molar-refractivity contribution in [3.8, 4) is 11.3 Å². The van der Waals surface area contributed by atoms with E-state index in [0.29, 0.717) is 18.2 Å². The number of fused-ring (bicyclic) bond motifs is 1. The second kappa shape index (κ2) is 8.87. The van der Waals surface area contributed by atoms with Crippen LogP contribution in [-0.2, 0) is 22.6 Å². The average Bonchev–Trinajstić information content (AvgIpc) is 3.43. The van der Waals surface area contributed by atoms with Crippen molar-refractivity contribution in [1.29, 1.82) is 0 Å². The molecule has 3 aromatic rings. The molecule has 1 amide bonds. The molecule has 5 rings (SSSR count). The topological polar surface area (TPSA) is 110 Å². The summed E-state index contributed by atoms with van der Waals surface area (Å²) in [5, 5.41) is 11.0. The Balaban J connectivity index is 1.52. The first kappa shape index (κ1) is 21.5. The Morgan fingerprint density at radius 2 is 2.06 bits per heavy atom. The SMILES string of the molecule is CC(=O)Nc1cc(Nc2cc(C)nc([C@H]3CCOC3)n2)c(-c2cc3n(n2)CCN(C)C3)cn1. The molecular formula is C23H28N8O2. The van der Waals surface area contributed by atoms with E-state index in [4.69, 9.17) is 14.8 Å². The Morgan fingerprint density at radius 3 is 2.85 bits per heavy atom. The molecule has 1 fully saturated rings. The summed E-state index contributed by atoms with van der Waals surface area (Å²) in [6, 6.07) is 5.83. The normalized spacial score (nSPS) is 18.2. The predicted molar refractivity (Wildman–Crippen MR) is 124 cm³/mol. The van der Waals surface area contributed by atoms with Crippen LogP contribution in [0.15, 0.2) is 24.4 Å². The number of aryl methyl sites for hydroxylation is 1. The van der Waals surface area contributed by atoms with Gasteiger partial charge in [0.25, 0.3) is 0 Å². The molecule has 2 aliphatic rings. The summed E-state index contributed by atoms with van der Waals surface area (Å²) in [7, 11) is 2.11. The van der Waals surface area contributed by atoms with Crippen LogP contribution in [0.25, 0.3) is 11.3 Å². The number of pyridine rings is 1. The molecule has 0 aromatic carbocycles. The lowest BCUT2D eigenvalue weighted by atomic mass is 10.1. The van der Waals surface area contributed by atoms with Crippen LogP contribution >= 0.6 is 0 Å². The Labute approximate surface area is 192 Å². The molecule has 2 aliphatic heterocycles. The third-order valence-corrected chi connectivity index (χ3v) is 5.90. The lowest BCUT2D eigenvalue weighted by Crippen LogP contribution is -2.30. The van der Waals surface area contributed by atoms with Gasteiger partial charge in [-0.05, 0) is 26.5 Å². The van der Waals surface area contributed by atoms with E-state index in [1.54, 1.807) is 6.20 Å². The third-order valence-electron chi connectivity index (χ3n) is 5.90. The smallest absolute Gasteiger partial charge is 0.222 e. The number of carbonyl (C=O) groups excluding carboxylic acids is 1. The molecule has 0 bridgehead atoms. The van der Waals surface area contributed by atoms with Crippen molar-refractivity contribution in [2.24, 2.45) is 0 Å². The zero-order chi connectivity index (χ0) is 22.9. The van der Waals surface area contributed by atoms with Gasteiger partial charge in [-0.3, -0.25) is 14.4 Å². The monoisotopic (exact) mass is 448 g/mol. The van der Waals surface area contributed by atoms with E-state index >= 15 is 0 Å². The van der Waals surface area contributed by atoms with Gasteiger partial charge in [-0.1, -0.05) is 0 Å². The summed E-state index contributed by atoms with van der Waals surface area (Å²) < 4.78 is 7.57. The Bertz CT molecular complexity index is 1190. The van der Waals surface area contributed by atoms with Crippen LogP contribution in [0.4, 0.5) is 17.3 Å². The quantitative estimate of drug-likeness (QED) is 0.613. The summed E-state index contributed by atoms with van der Waals surface area (Å²) in [6.07, 6.45) is 2.66. The molecule has 33 heavy (non-hydrogen) atoms. The number of carbonyl (C=O) groups is 1. The first-order valence-electron chi connectivity index (χ1n) is 11.2. The summed E-state index contributed by atoms with van der Waals surface area (Å²) in [6.45, 7) is 7.47. The van der Waals surface area contributed by atoms with Crippen molar-refractivity contribution in [1.82, 2.24) is 29.6 Å². The Kier molecular flexibility index (Phi) is 5.77. The largest absolute Gasteiger partial charge is 0.381 e. The van der Waals surface area contributed by atoms with Gasteiger partial charge in [-0.2, -0.15) is 5.10 Å². The first-order chi connectivity index (χ1) is 15.9. The molecule has 0 aliphatic carbocycles. The number of likely N-dealkylation sites (N-methyl/N-ethyl adjacent to an activating group) is 1. The average molecular weight is 449 g/mol. The molecule has 1 atom stereocenters. The van der Waals surface area contributed by atoms with Crippen LogP contribution in [0, 0.1) is 6.92 Å². The zero-order valence-electron chi connectivity index (χ0n) is 19.1. The number of anilines is 3. The molecule has 3 aromatic heterocycles. The van der Waals surface area contributed by atoms with Crippen molar-refractivity contribution in [3.63, 3.8) is 0 Å². The highest BCUT2D eigenvalue weighted by molar-refractivity contribution is 5.89. The van der Waals surface area contributed by atoms with Crippen molar-refractivity contribution < 1.29 is 9.53 Å². The van der Waals surface area contributed by atoms with Crippen LogP contribution in [0.5, 0.6) is 0 Å². The second-order valence-electron chi connectivity index (χ2n) is 8.72. The fourth-order valence-corrected chi connectivity index (χ4v) is 4.25. The molecule has 5 heterocycles. The second-order valence-corrected chi connectivity index (χ2v) is 8.72. The van der Waals surface area contributed by atoms with Gasteiger partial charge in [0.1, 0.15) is 17.5 Å². The Morgan fingerprint density at radius 1 is 1.18 bits per heavy atom. The zero-order valence-corrected chi connectivity index (χ0v) is 19.1. The fourth-order valence-electron chi connectivity index (χ4n) is 4.25. The predicted octanol–water partition coefficient (Wildman–Crippen LogP) is 2.69. The fraction of sp³-hybridized carbons (Fsp3) is 0.435. The summed E-state index contributed by atoms with van der Waals surface area (Å²) in [5.41, 5.74) is 4.49. The molecule has 10 nitrogen and oxygen atoms in total. The number of nitrogens with one attached hydrogen (secondary N) is 2. The minimum absolute atomic E-state index is 0.178. The van der Waals surface area contributed by atoms with Crippen molar-refractivity contribution in [2.45, 2.75) is 39.3 Å². The summed E-state index contributed by atoms with van der Waals surface area (Å²) in [5.74, 6) is 1.97. The number of ether oxygens (including phenoxy) is 1. The van der Waals surface area contributed by atoms with Crippen LogP contribution in [0.2, 0.25) is 0 Å². The number of hydrogen-bond acceptors (Lipinski definition) is 8. The molecular weight excluding hydrogens is 420 g/mol. The number of hydrogen-bond donors (Lipinski definition) is 2. The van der Waals surface area contributed by atoms with E-state index in [1.807, 2.05) is 23.7 Å². The van der Waals surface area contributed by atoms with Gasteiger partial charge in [0.15, 0.2) is 0 Å². The van der Waals surface area contributed by atoms with Gasteiger partial charge >= 0.3 is 0 Å². The lowest BCUT2D eigenvalue weighted by Gasteiger charge is -2.22. The van der Waals surface area contributed by atoms with Crippen LogP contribution in [0.3, 0.4) is 0 Å². The minimum atomic E-state index is -0.178. The van der Waals surface area contributed by atoms with E-state index in [0.717, 1.165) is 66.8 Å². The van der Waals surface area contributed by atoms with E-state index in [9.17, 15) is 4.79 Å². The van der Waals surface area contributed by atoms with Crippen molar-refractivity contribution >= 4 is 23.2 Å². The van der Waals surface area contributed by atoms with Crippen LogP contribution < -0.4 is 10.6 Å². The molecule has 2 N–H and O–H groups in total. The minimum Gasteiger partial charge on any atom is -0.381 e. The van der Waals surface area contributed by atoms with Gasteiger partial charge in [-0.25, -0.2) is 15.0 Å². The number of aromatic nitrogens is 5. The molecule has 0 saturated carbocycles. The Hall–Kier alpha value is -3.37. The molecule has 0 spiro atoms. The third kappa shape index (κ3) is 4.71. The maximum Gasteiger partial charge on any atom is 0.222 e. The maximum absolute atomic E-state index is 11.6. The van der Waals surface area contributed by atoms with E-state index in [-0.39, 0.29) is 11.8 Å². The number of nitrogens with zero attached hydrogens (tertiary/aromatic N) is 6. The van der Waals surface area contributed by atoms with E-state index < -0.39 is 0 Å². The standard InChI is InChI=1S/C23H28N8O2/c1-14-8-22(28-23(25-14)16-4-7-33-13-16)27-19-10-21(26-15(2)32)24-11-18(19)20-9-17-12-30(3)5-6-31(17)29-20/h8-11,16H,4-7,12-13H2,1-3H3,(H2,24,25,26,27,28,32)/t16-/m0/s1. The van der Waals surface area contributed by atoms with Gasteiger partial charge in [0.05, 0.1) is 30.2 Å². The summed E-state index contributed by atoms with van der Waals surface area (Å²) in [4.78, 5) is 27.7. The van der Waals surface area contributed by atoms with Crippen LogP contribution in [0.1, 0.15) is 36.5 Å². The van der Waals surface area contributed by atoms with Gasteiger partial charge in [0, 0.05) is 62.1 Å². The lowest BCUT2D eigenvalue weighted by molar-refractivity contribution is -0.114. The molecule has 0 unspecified atom stereocenters. The highest BCUT2D eigenvalue weighted by atomic mass is 16.5. The summed E-state index contributed by atoms with van der Waals surface area (Å²) >= 11 is 0.